The Morgan fingerprint density at radius 3 is 2.95 bits per heavy atom. The molecule has 1 unspecified atom stereocenters. The van der Waals surface area contributed by atoms with Gasteiger partial charge in [-0.25, -0.2) is 15.0 Å². The first-order chi connectivity index (χ1) is 9.22. The highest BCUT2D eigenvalue weighted by atomic mass is 15.2. The number of nitrogens with zero attached hydrogens (tertiary/aromatic N) is 5. The SMILES string of the molecule is Cc1cc(N2CCCC(c3n[nH]c(C)n3)C2)ncn1. The van der Waals surface area contributed by atoms with Gasteiger partial charge in [0, 0.05) is 30.8 Å². The molecule has 6 nitrogen and oxygen atoms in total. The minimum Gasteiger partial charge on any atom is -0.356 e. The number of nitrogens with one attached hydrogen (secondary N) is 1. The van der Waals surface area contributed by atoms with E-state index in [1.54, 1.807) is 6.33 Å². The molecular weight excluding hydrogens is 240 g/mol. The van der Waals surface area contributed by atoms with Gasteiger partial charge in [-0.15, -0.1) is 0 Å². The average molecular weight is 258 g/mol. The maximum Gasteiger partial charge on any atom is 0.155 e. The maximum atomic E-state index is 4.45. The molecule has 1 fully saturated rings. The zero-order chi connectivity index (χ0) is 13.2. The molecule has 3 heterocycles. The Morgan fingerprint density at radius 2 is 2.21 bits per heavy atom. The van der Waals surface area contributed by atoms with Crippen LogP contribution < -0.4 is 4.90 Å². The van der Waals surface area contributed by atoms with Crippen molar-refractivity contribution in [3.8, 4) is 0 Å². The Labute approximate surface area is 112 Å². The normalized spacial score (nSPS) is 19.7. The fraction of sp³-hybridized carbons (Fsp3) is 0.538. The van der Waals surface area contributed by atoms with Gasteiger partial charge in [0.1, 0.15) is 18.0 Å². The number of aromatic amines is 1. The van der Waals surface area contributed by atoms with Gasteiger partial charge in [0.15, 0.2) is 5.82 Å². The molecule has 1 N–H and O–H groups in total. The zero-order valence-electron chi connectivity index (χ0n) is 11.3. The quantitative estimate of drug-likeness (QED) is 0.885. The summed E-state index contributed by atoms with van der Waals surface area (Å²) in [7, 11) is 0. The average Bonchev–Trinajstić information content (AvgIpc) is 2.86. The van der Waals surface area contributed by atoms with Gasteiger partial charge in [-0.05, 0) is 26.7 Å². The molecule has 1 aliphatic rings. The van der Waals surface area contributed by atoms with Crippen LogP contribution in [0.3, 0.4) is 0 Å². The summed E-state index contributed by atoms with van der Waals surface area (Å²) in [5.74, 6) is 3.19. The summed E-state index contributed by atoms with van der Waals surface area (Å²) in [4.78, 5) is 15.3. The van der Waals surface area contributed by atoms with Crippen molar-refractivity contribution >= 4 is 5.82 Å². The lowest BCUT2D eigenvalue weighted by Gasteiger charge is -2.32. The first-order valence-electron chi connectivity index (χ1n) is 6.65. The van der Waals surface area contributed by atoms with Crippen molar-refractivity contribution in [1.82, 2.24) is 25.1 Å². The van der Waals surface area contributed by atoms with E-state index in [2.05, 4.69) is 30.0 Å². The smallest absolute Gasteiger partial charge is 0.155 e. The molecule has 2 aromatic heterocycles. The van der Waals surface area contributed by atoms with Crippen LogP contribution in [-0.4, -0.2) is 38.2 Å². The zero-order valence-corrected chi connectivity index (χ0v) is 11.3. The largest absolute Gasteiger partial charge is 0.356 e. The Morgan fingerprint density at radius 1 is 1.32 bits per heavy atom. The third-order valence-corrected chi connectivity index (χ3v) is 3.51. The number of anilines is 1. The van der Waals surface area contributed by atoms with E-state index in [1.165, 1.54) is 0 Å². The second kappa shape index (κ2) is 4.95. The standard InChI is InChI=1S/C13H18N6/c1-9-6-12(15-8-14-9)19-5-3-4-11(7-19)13-16-10(2)17-18-13/h6,8,11H,3-5,7H2,1-2H3,(H,16,17,18). The third kappa shape index (κ3) is 2.57. The van der Waals surface area contributed by atoms with Gasteiger partial charge in [-0.2, -0.15) is 5.10 Å². The van der Waals surface area contributed by atoms with E-state index in [0.717, 1.165) is 49.1 Å². The van der Waals surface area contributed by atoms with Crippen LogP contribution in [0.25, 0.3) is 0 Å². The Hall–Kier alpha value is -1.98. The minimum absolute atomic E-state index is 0.383. The lowest BCUT2D eigenvalue weighted by molar-refractivity contribution is 0.489. The molecule has 3 rings (SSSR count). The molecule has 0 bridgehead atoms. The molecule has 1 saturated heterocycles. The van der Waals surface area contributed by atoms with Crippen LogP contribution in [0.2, 0.25) is 0 Å². The summed E-state index contributed by atoms with van der Waals surface area (Å²) in [5.41, 5.74) is 1.00. The van der Waals surface area contributed by atoms with Crippen molar-refractivity contribution in [3.05, 3.63) is 29.7 Å². The van der Waals surface area contributed by atoms with Gasteiger partial charge >= 0.3 is 0 Å². The van der Waals surface area contributed by atoms with Gasteiger partial charge in [-0.1, -0.05) is 0 Å². The fourth-order valence-corrected chi connectivity index (χ4v) is 2.55. The molecule has 0 spiro atoms. The van der Waals surface area contributed by atoms with E-state index in [9.17, 15) is 0 Å². The highest BCUT2D eigenvalue weighted by molar-refractivity contribution is 5.39. The number of rotatable bonds is 2. The summed E-state index contributed by atoms with van der Waals surface area (Å²) in [6.45, 7) is 5.89. The van der Waals surface area contributed by atoms with Crippen LogP contribution in [0, 0.1) is 13.8 Å². The molecule has 1 aliphatic heterocycles. The molecular formula is C13H18N6. The summed E-state index contributed by atoms with van der Waals surface area (Å²) in [6.07, 6.45) is 3.91. The maximum absolute atomic E-state index is 4.45. The molecule has 0 aromatic carbocycles. The lowest BCUT2D eigenvalue weighted by Crippen LogP contribution is -2.35. The van der Waals surface area contributed by atoms with Gasteiger partial charge in [0.2, 0.25) is 0 Å². The molecule has 100 valence electrons. The van der Waals surface area contributed by atoms with Gasteiger partial charge in [-0.3, -0.25) is 5.10 Å². The topological polar surface area (TPSA) is 70.6 Å². The first kappa shape index (κ1) is 12.1. The van der Waals surface area contributed by atoms with Crippen molar-refractivity contribution < 1.29 is 0 Å². The molecule has 0 amide bonds. The molecule has 19 heavy (non-hydrogen) atoms. The number of hydrogen-bond acceptors (Lipinski definition) is 5. The van der Waals surface area contributed by atoms with Gasteiger partial charge in [0.25, 0.3) is 0 Å². The first-order valence-corrected chi connectivity index (χ1v) is 6.65. The second-order valence-electron chi connectivity index (χ2n) is 5.08. The van der Waals surface area contributed by atoms with E-state index in [-0.39, 0.29) is 0 Å². The molecule has 0 radical (unpaired) electrons. The summed E-state index contributed by atoms with van der Waals surface area (Å²) < 4.78 is 0. The van der Waals surface area contributed by atoms with E-state index in [1.807, 2.05) is 19.9 Å². The van der Waals surface area contributed by atoms with E-state index in [4.69, 9.17) is 0 Å². The monoisotopic (exact) mass is 258 g/mol. The van der Waals surface area contributed by atoms with E-state index < -0.39 is 0 Å². The second-order valence-corrected chi connectivity index (χ2v) is 5.08. The van der Waals surface area contributed by atoms with Crippen molar-refractivity contribution in [2.45, 2.75) is 32.6 Å². The third-order valence-electron chi connectivity index (χ3n) is 3.51. The van der Waals surface area contributed by atoms with Gasteiger partial charge < -0.3 is 4.90 Å². The summed E-state index contributed by atoms with van der Waals surface area (Å²) >= 11 is 0. The van der Waals surface area contributed by atoms with Crippen LogP contribution in [0.15, 0.2) is 12.4 Å². The van der Waals surface area contributed by atoms with Crippen LogP contribution in [0.1, 0.15) is 36.1 Å². The summed E-state index contributed by atoms with van der Waals surface area (Å²) in [6, 6.07) is 2.03. The minimum atomic E-state index is 0.383. The van der Waals surface area contributed by atoms with Crippen LogP contribution in [-0.2, 0) is 0 Å². The van der Waals surface area contributed by atoms with Gasteiger partial charge in [0.05, 0.1) is 0 Å². The van der Waals surface area contributed by atoms with Crippen LogP contribution in [0.5, 0.6) is 0 Å². The number of piperidine rings is 1. The Balaban J connectivity index is 1.78. The number of aryl methyl sites for hydroxylation is 2. The predicted octanol–water partition coefficient (Wildman–Crippen LogP) is 1.60. The molecule has 6 heteroatoms. The Kier molecular flexibility index (Phi) is 3.15. The van der Waals surface area contributed by atoms with Crippen molar-refractivity contribution in [2.24, 2.45) is 0 Å². The molecule has 2 aromatic rings. The highest BCUT2D eigenvalue weighted by Crippen LogP contribution is 2.27. The highest BCUT2D eigenvalue weighted by Gasteiger charge is 2.25. The van der Waals surface area contributed by atoms with Crippen molar-refractivity contribution in [2.75, 3.05) is 18.0 Å². The summed E-state index contributed by atoms with van der Waals surface area (Å²) in [5, 5.41) is 7.21. The predicted molar refractivity (Wildman–Crippen MR) is 72.1 cm³/mol. The fourth-order valence-electron chi connectivity index (χ4n) is 2.55. The van der Waals surface area contributed by atoms with Crippen molar-refractivity contribution in [1.29, 1.82) is 0 Å². The van der Waals surface area contributed by atoms with Crippen LogP contribution in [0.4, 0.5) is 5.82 Å². The molecule has 0 aliphatic carbocycles. The molecule has 0 saturated carbocycles. The van der Waals surface area contributed by atoms with Crippen LogP contribution >= 0.6 is 0 Å². The Bertz CT molecular complexity index is 564. The molecule has 1 atom stereocenters. The number of aromatic nitrogens is 5. The lowest BCUT2D eigenvalue weighted by atomic mass is 9.97. The van der Waals surface area contributed by atoms with E-state index in [0.29, 0.717) is 5.92 Å². The van der Waals surface area contributed by atoms with Crippen molar-refractivity contribution in [3.63, 3.8) is 0 Å². The van der Waals surface area contributed by atoms with E-state index >= 15 is 0 Å². The number of H-pyrrole nitrogens is 1. The number of hydrogen-bond donors (Lipinski definition) is 1.